The van der Waals surface area contributed by atoms with Gasteiger partial charge in [-0.2, -0.15) is 0 Å². The summed E-state index contributed by atoms with van der Waals surface area (Å²) in [6, 6.07) is 0. The Labute approximate surface area is 89.3 Å². The summed E-state index contributed by atoms with van der Waals surface area (Å²) in [7, 11) is 0. The molecule has 0 rings (SSSR count). The monoisotopic (exact) mass is 202 g/mol. The Bertz CT molecular complexity index is 127. The Kier molecular flexibility index (Phi) is 7.22. The minimum Gasteiger partial charge on any atom is -0.244 e. The van der Waals surface area contributed by atoms with Gasteiger partial charge in [-0.15, -0.1) is 0 Å². The maximum atomic E-state index is 13.9. The van der Waals surface area contributed by atoms with Gasteiger partial charge in [0.15, 0.2) is 0 Å². The molecule has 14 heavy (non-hydrogen) atoms. The standard InChI is InChI=1S/C13H27F/c1-5-6-7-10-13(4,14)11-8-9-12(2)3/h12H,5-11H2,1-4H3. The molecule has 0 aromatic rings. The molecule has 1 atom stereocenters. The maximum Gasteiger partial charge on any atom is 0.108 e. The van der Waals surface area contributed by atoms with E-state index in [2.05, 4.69) is 20.8 Å². The molecule has 0 amide bonds. The van der Waals surface area contributed by atoms with Crippen molar-refractivity contribution in [2.75, 3.05) is 0 Å². The second kappa shape index (κ2) is 7.25. The van der Waals surface area contributed by atoms with Gasteiger partial charge in [-0.25, -0.2) is 4.39 Å². The summed E-state index contributed by atoms with van der Waals surface area (Å²) in [5.74, 6) is 0.710. The third kappa shape index (κ3) is 8.52. The van der Waals surface area contributed by atoms with Gasteiger partial charge in [0.1, 0.15) is 5.67 Å². The fraction of sp³-hybridized carbons (Fsp3) is 1.00. The van der Waals surface area contributed by atoms with Gasteiger partial charge in [0.25, 0.3) is 0 Å². The van der Waals surface area contributed by atoms with E-state index in [0.717, 1.165) is 32.1 Å². The lowest BCUT2D eigenvalue weighted by molar-refractivity contribution is 0.150. The molecule has 0 aliphatic carbocycles. The van der Waals surface area contributed by atoms with Crippen LogP contribution in [0.1, 0.15) is 72.6 Å². The van der Waals surface area contributed by atoms with Crippen molar-refractivity contribution in [2.45, 2.75) is 78.3 Å². The summed E-state index contributed by atoms with van der Waals surface area (Å²) in [6.45, 7) is 8.33. The summed E-state index contributed by atoms with van der Waals surface area (Å²) in [5.41, 5.74) is -0.913. The molecule has 0 heterocycles. The molecule has 0 saturated heterocycles. The van der Waals surface area contributed by atoms with Crippen molar-refractivity contribution in [1.29, 1.82) is 0 Å². The fourth-order valence-electron chi connectivity index (χ4n) is 1.75. The van der Waals surface area contributed by atoms with Gasteiger partial charge in [-0.1, -0.05) is 52.9 Å². The summed E-state index contributed by atoms with van der Waals surface area (Å²) < 4.78 is 13.9. The zero-order valence-electron chi connectivity index (χ0n) is 10.4. The van der Waals surface area contributed by atoms with Crippen molar-refractivity contribution in [1.82, 2.24) is 0 Å². The van der Waals surface area contributed by atoms with Gasteiger partial charge in [-0.3, -0.25) is 0 Å². The van der Waals surface area contributed by atoms with Crippen LogP contribution in [0, 0.1) is 5.92 Å². The van der Waals surface area contributed by atoms with Gasteiger partial charge in [0.2, 0.25) is 0 Å². The first-order chi connectivity index (χ1) is 6.48. The maximum absolute atomic E-state index is 13.9. The van der Waals surface area contributed by atoms with E-state index in [0.29, 0.717) is 5.92 Å². The van der Waals surface area contributed by atoms with Crippen LogP contribution in [0.2, 0.25) is 0 Å². The minimum atomic E-state index is -0.913. The Hall–Kier alpha value is -0.0700. The lowest BCUT2D eigenvalue weighted by Gasteiger charge is -2.20. The highest BCUT2D eigenvalue weighted by Gasteiger charge is 2.21. The molecule has 1 heteroatoms. The molecule has 1 unspecified atom stereocenters. The molecule has 0 aromatic heterocycles. The van der Waals surface area contributed by atoms with Crippen LogP contribution in [0.25, 0.3) is 0 Å². The van der Waals surface area contributed by atoms with Crippen LogP contribution in [0.3, 0.4) is 0 Å². The highest BCUT2D eigenvalue weighted by Crippen LogP contribution is 2.26. The van der Waals surface area contributed by atoms with E-state index in [1.54, 1.807) is 6.92 Å². The zero-order valence-corrected chi connectivity index (χ0v) is 10.4. The molecule has 0 aliphatic heterocycles. The van der Waals surface area contributed by atoms with Crippen molar-refractivity contribution < 1.29 is 4.39 Å². The Balaban J connectivity index is 3.50. The molecule has 0 saturated carbocycles. The van der Waals surface area contributed by atoms with E-state index >= 15 is 0 Å². The van der Waals surface area contributed by atoms with Crippen molar-refractivity contribution in [3.05, 3.63) is 0 Å². The van der Waals surface area contributed by atoms with Crippen LogP contribution in [0.15, 0.2) is 0 Å². The molecule has 0 radical (unpaired) electrons. The van der Waals surface area contributed by atoms with Crippen LogP contribution in [-0.4, -0.2) is 5.67 Å². The largest absolute Gasteiger partial charge is 0.244 e. The molecular formula is C13H27F. The normalized spacial score (nSPS) is 15.9. The summed E-state index contributed by atoms with van der Waals surface area (Å²) >= 11 is 0. The topological polar surface area (TPSA) is 0 Å². The predicted octanol–water partition coefficient (Wildman–Crippen LogP) is 5.12. The van der Waals surface area contributed by atoms with Crippen molar-refractivity contribution in [3.8, 4) is 0 Å². The molecule has 0 aromatic carbocycles. The Morgan fingerprint density at radius 2 is 1.64 bits per heavy atom. The Morgan fingerprint density at radius 3 is 2.14 bits per heavy atom. The number of hydrogen-bond donors (Lipinski definition) is 0. The first-order valence-corrected chi connectivity index (χ1v) is 6.17. The molecule has 0 N–H and O–H groups in total. The van der Waals surface area contributed by atoms with E-state index < -0.39 is 5.67 Å². The second-order valence-electron chi connectivity index (χ2n) is 5.16. The second-order valence-corrected chi connectivity index (χ2v) is 5.16. The van der Waals surface area contributed by atoms with Crippen LogP contribution >= 0.6 is 0 Å². The summed E-state index contributed by atoms with van der Waals surface area (Å²) in [4.78, 5) is 0. The molecule has 0 nitrogen and oxygen atoms in total. The first kappa shape index (κ1) is 13.9. The van der Waals surface area contributed by atoms with Gasteiger partial charge in [0.05, 0.1) is 0 Å². The number of rotatable bonds is 8. The lowest BCUT2D eigenvalue weighted by Crippen LogP contribution is -2.17. The van der Waals surface area contributed by atoms with Crippen LogP contribution < -0.4 is 0 Å². The quantitative estimate of drug-likeness (QED) is 0.479. The number of unbranched alkanes of at least 4 members (excludes halogenated alkanes) is 2. The Morgan fingerprint density at radius 1 is 1.07 bits per heavy atom. The van der Waals surface area contributed by atoms with Gasteiger partial charge >= 0.3 is 0 Å². The SMILES string of the molecule is CCCCCC(C)(F)CCCC(C)C. The van der Waals surface area contributed by atoms with Gasteiger partial charge in [0, 0.05) is 0 Å². The molecule has 0 spiro atoms. The van der Waals surface area contributed by atoms with E-state index in [1.165, 1.54) is 12.8 Å². The molecular weight excluding hydrogens is 175 g/mol. The number of halogens is 1. The average Bonchev–Trinajstić information content (AvgIpc) is 2.03. The zero-order chi connectivity index (χ0) is 11.0. The molecule has 0 bridgehead atoms. The lowest BCUT2D eigenvalue weighted by atomic mass is 9.92. The van der Waals surface area contributed by atoms with Crippen LogP contribution in [-0.2, 0) is 0 Å². The summed E-state index contributed by atoms with van der Waals surface area (Å²) in [6.07, 6.45) is 7.09. The predicted molar refractivity (Wildman–Crippen MR) is 62.3 cm³/mol. The summed E-state index contributed by atoms with van der Waals surface area (Å²) in [5, 5.41) is 0. The van der Waals surface area contributed by atoms with Gasteiger partial charge in [-0.05, 0) is 25.7 Å². The highest BCUT2D eigenvalue weighted by molar-refractivity contribution is 4.73. The fourth-order valence-corrected chi connectivity index (χ4v) is 1.75. The number of hydrogen-bond acceptors (Lipinski definition) is 0. The molecule has 0 aliphatic rings. The molecule has 0 fully saturated rings. The minimum absolute atomic E-state index is 0.710. The third-order valence-electron chi connectivity index (χ3n) is 2.78. The van der Waals surface area contributed by atoms with E-state index in [1.807, 2.05) is 0 Å². The average molecular weight is 202 g/mol. The van der Waals surface area contributed by atoms with E-state index in [4.69, 9.17) is 0 Å². The van der Waals surface area contributed by atoms with Crippen LogP contribution in [0.5, 0.6) is 0 Å². The third-order valence-corrected chi connectivity index (χ3v) is 2.78. The molecule has 86 valence electrons. The van der Waals surface area contributed by atoms with Gasteiger partial charge < -0.3 is 0 Å². The van der Waals surface area contributed by atoms with Crippen molar-refractivity contribution >= 4 is 0 Å². The van der Waals surface area contributed by atoms with E-state index in [-0.39, 0.29) is 0 Å². The highest BCUT2D eigenvalue weighted by atomic mass is 19.1. The van der Waals surface area contributed by atoms with Crippen LogP contribution in [0.4, 0.5) is 4.39 Å². The smallest absolute Gasteiger partial charge is 0.108 e. The van der Waals surface area contributed by atoms with Crippen molar-refractivity contribution in [3.63, 3.8) is 0 Å². The first-order valence-electron chi connectivity index (χ1n) is 6.17. The van der Waals surface area contributed by atoms with E-state index in [9.17, 15) is 4.39 Å². The van der Waals surface area contributed by atoms with Crippen molar-refractivity contribution in [2.24, 2.45) is 5.92 Å². The number of alkyl halides is 1.